The highest BCUT2D eigenvalue weighted by molar-refractivity contribution is 5.85. The van der Waals surface area contributed by atoms with Crippen molar-refractivity contribution in [2.75, 3.05) is 31.1 Å². The zero-order valence-electron chi connectivity index (χ0n) is 16.3. The van der Waals surface area contributed by atoms with Crippen LogP contribution in [0.4, 0.5) is 5.82 Å². The molecule has 2 aromatic heterocycles. The number of piperazine rings is 1. The van der Waals surface area contributed by atoms with E-state index in [2.05, 4.69) is 27.1 Å². The van der Waals surface area contributed by atoms with Crippen molar-refractivity contribution in [2.45, 2.75) is 25.8 Å². The number of hydrogen-bond acceptors (Lipinski definition) is 6. The van der Waals surface area contributed by atoms with E-state index in [-0.39, 0.29) is 24.8 Å². The van der Waals surface area contributed by atoms with Gasteiger partial charge in [0.2, 0.25) is 5.88 Å². The molecule has 1 aliphatic carbocycles. The van der Waals surface area contributed by atoms with Crippen LogP contribution in [-0.4, -0.2) is 51.9 Å². The molecule has 0 spiro atoms. The number of rotatable bonds is 5. The molecular formula is C20H26Cl2N6O. The van der Waals surface area contributed by atoms with Crippen LogP contribution in [0, 0.1) is 5.92 Å². The van der Waals surface area contributed by atoms with Gasteiger partial charge >= 0.3 is 0 Å². The van der Waals surface area contributed by atoms with E-state index in [1.54, 1.807) is 0 Å². The molecule has 0 radical (unpaired) electrons. The summed E-state index contributed by atoms with van der Waals surface area (Å²) in [5, 5.41) is 8.25. The molecule has 2 aliphatic rings. The Morgan fingerprint density at radius 2 is 1.93 bits per heavy atom. The molecule has 1 unspecified atom stereocenters. The molecule has 156 valence electrons. The average Bonchev–Trinajstić information content (AvgIpc) is 3.43. The third-order valence-corrected chi connectivity index (χ3v) is 5.16. The minimum Gasteiger partial charge on any atom is -0.477 e. The number of hydrogen-bond donors (Lipinski definition) is 1. The van der Waals surface area contributed by atoms with Crippen LogP contribution >= 0.6 is 24.8 Å². The minimum atomic E-state index is 0. The number of halogens is 2. The molecule has 5 rings (SSSR count). The predicted molar refractivity (Wildman–Crippen MR) is 119 cm³/mol. The quantitative estimate of drug-likeness (QED) is 0.661. The van der Waals surface area contributed by atoms with Gasteiger partial charge in [-0.1, -0.05) is 30.3 Å². The lowest BCUT2D eigenvalue weighted by Gasteiger charge is -2.33. The van der Waals surface area contributed by atoms with Gasteiger partial charge in [0, 0.05) is 37.3 Å². The van der Waals surface area contributed by atoms with Crippen molar-refractivity contribution in [3.63, 3.8) is 0 Å². The molecule has 3 aromatic rings. The zero-order valence-corrected chi connectivity index (χ0v) is 18.0. The van der Waals surface area contributed by atoms with Gasteiger partial charge in [0.05, 0.1) is 6.61 Å². The highest BCUT2D eigenvalue weighted by Crippen LogP contribution is 2.30. The summed E-state index contributed by atoms with van der Waals surface area (Å²) in [5.41, 5.74) is 0.989. The maximum absolute atomic E-state index is 5.98. The van der Waals surface area contributed by atoms with E-state index >= 15 is 0 Å². The highest BCUT2D eigenvalue weighted by Gasteiger charge is 2.24. The summed E-state index contributed by atoms with van der Waals surface area (Å²) in [4.78, 5) is 11.6. The van der Waals surface area contributed by atoms with E-state index in [0.29, 0.717) is 29.4 Å². The van der Waals surface area contributed by atoms with Crippen LogP contribution in [0.2, 0.25) is 0 Å². The molecule has 1 atom stereocenters. The number of benzene rings is 1. The van der Waals surface area contributed by atoms with Gasteiger partial charge in [0.1, 0.15) is 5.82 Å². The largest absolute Gasteiger partial charge is 0.477 e. The second-order valence-corrected chi connectivity index (χ2v) is 7.52. The van der Waals surface area contributed by atoms with Crippen molar-refractivity contribution in [3.8, 4) is 17.3 Å². The molecule has 1 saturated carbocycles. The van der Waals surface area contributed by atoms with Crippen molar-refractivity contribution < 1.29 is 4.74 Å². The Hall–Kier alpha value is -2.09. The van der Waals surface area contributed by atoms with Crippen LogP contribution in [0.15, 0.2) is 36.4 Å². The second kappa shape index (κ2) is 9.15. The van der Waals surface area contributed by atoms with Gasteiger partial charge in [-0.2, -0.15) is 14.5 Å². The van der Waals surface area contributed by atoms with E-state index in [9.17, 15) is 0 Å². The minimum absolute atomic E-state index is 0. The SMILES string of the molecule is CC1CN(c2cc(OCC3CC3)nc3nc(-c4ccccc4)nn23)CCN1.Cl.Cl. The first-order valence-electron chi connectivity index (χ1n) is 9.70. The summed E-state index contributed by atoms with van der Waals surface area (Å²) in [6, 6.07) is 12.5. The van der Waals surface area contributed by atoms with E-state index < -0.39 is 0 Å². The van der Waals surface area contributed by atoms with E-state index in [1.807, 2.05) is 40.9 Å². The molecule has 1 saturated heterocycles. The predicted octanol–water partition coefficient (Wildman–Crippen LogP) is 3.22. The molecular weight excluding hydrogens is 411 g/mol. The third-order valence-electron chi connectivity index (χ3n) is 5.16. The lowest BCUT2D eigenvalue weighted by molar-refractivity contribution is 0.288. The summed E-state index contributed by atoms with van der Waals surface area (Å²) < 4.78 is 7.83. The molecule has 7 nitrogen and oxygen atoms in total. The van der Waals surface area contributed by atoms with Crippen LogP contribution in [0.5, 0.6) is 5.88 Å². The number of ether oxygens (including phenoxy) is 1. The second-order valence-electron chi connectivity index (χ2n) is 7.52. The number of aromatic nitrogens is 4. The number of fused-ring (bicyclic) bond motifs is 1. The van der Waals surface area contributed by atoms with Crippen molar-refractivity contribution in [1.29, 1.82) is 0 Å². The van der Waals surface area contributed by atoms with Gasteiger partial charge in [-0.05, 0) is 25.7 Å². The fraction of sp³-hybridized carbons (Fsp3) is 0.450. The molecule has 9 heteroatoms. The Bertz CT molecular complexity index is 947. The lowest BCUT2D eigenvalue weighted by Crippen LogP contribution is -2.49. The third kappa shape index (κ3) is 4.74. The van der Waals surface area contributed by atoms with Gasteiger partial charge in [0.15, 0.2) is 5.82 Å². The Morgan fingerprint density at radius 3 is 2.66 bits per heavy atom. The van der Waals surface area contributed by atoms with Crippen LogP contribution in [0.1, 0.15) is 19.8 Å². The first-order chi connectivity index (χ1) is 13.3. The van der Waals surface area contributed by atoms with Crippen molar-refractivity contribution in [2.24, 2.45) is 5.92 Å². The monoisotopic (exact) mass is 436 g/mol. The maximum Gasteiger partial charge on any atom is 0.257 e. The Morgan fingerprint density at radius 1 is 1.14 bits per heavy atom. The summed E-state index contributed by atoms with van der Waals surface area (Å²) in [6.45, 7) is 5.73. The first-order valence-corrected chi connectivity index (χ1v) is 9.70. The summed E-state index contributed by atoms with van der Waals surface area (Å²) in [5.74, 6) is 3.59. The van der Waals surface area contributed by atoms with Crippen molar-refractivity contribution in [3.05, 3.63) is 36.4 Å². The van der Waals surface area contributed by atoms with Gasteiger partial charge in [0.25, 0.3) is 5.78 Å². The first kappa shape index (κ1) is 21.6. The van der Waals surface area contributed by atoms with Crippen LogP contribution in [0.3, 0.4) is 0 Å². The summed E-state index contributed by atoms with van der Waals surface area (Å²) >= 11 is 0. The van der Waals surface area contributed by atoms with Gasteiger partial charge in [-0.25, -0.2) is 0 Å². The lowest BCUT2D eigenvalue weighted by atomic mass is 10.2. The molecule has 29 heavy (non-hydrogen) atoms. The smallest absolute Gasteiger partial charge is 0.257 e. The molecule has 3 heterocycles. The molecule has 1 aliphatic heterocycles. The standard InChI is InChI=1S/C20H24N6O.2ClH/c1-14-12-25(10-9-21-14)18-11-17(27-13-15-7-8-15)22-20-23-19(24-26(18)20)16-5-3-2-4-6-16;;/h2-6,11,14-15,21H,7-10,12-13H2,1H3;2*1H. The van der Waals surface area contributed by atoms with Gasteiger partial charge < -0.3 is 15.0 Å². The van der Waals surface area contributed by atoms with Crippen molar-refractivity contribution in [1.82, 2.24) is 24.9 Å². The molecule has 0 amide bonds. The fourth-order valence-electron chi connectivity index (χ4n) is 3.47. The number of nitrogens with zero attached hydrogens (tertiary/aromatic N) is 5. The van der Waals surface area contributed by atoms with Gasteiger partial charge in [-0.15, -0.1) is 29.9 Å². The average molecular weight is 437 g/mol. The Labute approximate surface area is 182 Å². The Kier molecular flexibility index (Phi) is 6.82. The summed E-state index contributed by atoms with van der Waals surface area (Å²) in [6.07, 6.45) is 2.51. The topological polar surface area (TPSA) is 67.6 Å². The van der Waals surface area contributed by atoms with Crippen LogP contribution in [-0.2, 0) is 0 Å². The summed E-state index contributed by atoms with van der Waals surface area (Å²) in [7, 11) is 0. The van der Waals surface area contributed by atoms with Gasteiger partial charge in [-0.3, -0.25) is 0 Å². The highest BCUT2D eigenvalue weighted by atomic mass is 35.5. The molecule has 2 fully saturated rings. The normalized spacial score (nSPS) is 18.8. The molecule has 1 aromatic carbocycles. The number of anilines is 1. The van der Waals surface area contributed by atoms with E-state index in [0.717, 1.165) is 37.6 Å². The number of nitrogens with one attached hydrogen (secondary N) is 1. The van der Waals surface area contributed by atoms with E-state index in [4.69, 9.17) is 9.84 Å². The van der Waals surface area contributed by atoms with Crippen LogP contribution < -0.4 is 15.0 Å². The molecule has 0 bridgehead atoms. The van der Waals surface area contributed by atoms with E-state index in [1.165, 1.54) is 12.8 Å². The van der Waals surface area contributed by atoms with Crippen molar-refractivity contribution >= 4 is 36.4 Å². The van der Waals surface area contributed by atoms with Crippen LogP contribution in [0.25, 0.3) is 17.2 Å². The molecule has 1 N–H and O–H groups in total. The maximum atomic E-state index is 5.98. The zero-order chi connectivity index (χ0) is 18.2. The fourth-order valence-corrected chi connectivity index (χ4v) is 3.47. The Balaban J connectivity index is 0.00000120.